The summed E-state index contributed by atoms with van der Waals surface area (Å²) in [7, 11) is 0. The molecule has 1 rings (SSSR count). The van der Waals surface area contributed by atoms with Crippen molar-refractivity contribution in [1.82, 2.24) is 0 Å². The summed E-state index contributed by atoms with van der Waals surface area (Å²) in [5, 5.41) is 0. The molecule has 0 fully saturated rings. The van der Waals surface area contributed by atoms with E-state index in [1.54, 1.807) is 0 Å². The first-order valence-electron chi connectivity index (χ1n) is 2.65. The molecule has 10 heavy (non-hydrogen) atoms. The van der Waals surface area contributed by atoms with Gasteiger partial charge in [-0.05, 0) is 0 Å². The van der Waals surface area contributed by atoms with Crippen molar-refractivity contribution in [2.75, 3.05) is 13.2 Å². The molecule has 4 nitrogen and oxygen atoms in total. The molecule has 0 saturated heterocycles. The van der Waals surface area contributed by atoms with Crippen LogP contribution in [-0.2, 0) is 36.6 Å². The monoisotopic (exact) mass is 236 g/mol. The second-order valence-corrected chi connectivity index (χ2v) is 1.59. The van der Waals surface area contributed by atoms with Crippen molar-refractivity contribution in [2.45, 2.75) is 6.92 Å². The summed E-state index contributed by atoms with van der Waals surface area (Å²) in [5.41, 5.74) is 0. The number of esters is 1. The standard InChI is InChI=1S/C5H7NO3.Ag/c1-4(7)9-5-6-2-3-8-5;/h2-3H2,1H3;. The van der Waals surface area contributed by atoms with Crippen molar-refractivity contribution in [1.29, 1.82) is 0 Å². The van der Waals surface area contributed by atoms with Crippen LogP contribution in [0.5, 0.6) is 0 Å². The van der Waals surface area contributed by atoms with Crippen LogP contribution in [-0.4, -0.2) is 25.2 Å². The summed E-state index contributed by atoms with van der Waals surface area (Å²) in [6.07, 6.45) is 0.0995. The van der Waals surface area contributed by atoms with Crippen LogP contribution in [0.25, 0.3) is 0 Å². The summed E-state index contributed by atoms with van der Waals surface area (Å²) in [5.74, 6) is -0.393. The number of carbonyl (C=O) groups is 1. The molecule has 1 aliphatic heterocycles. The quantitative estimate of drug-likeness (QED) is 0.437. The maximum absolute atomic E-state index is 10.2. The summed E-state index contributed by atoms with van der Waals surface area (Å²) in [6, 6.07) is 0. The number of carbonyl (C=O) groups excluding carboxylic acids is 1. The first kappa shape index (κ1) is 9.68. The Balaban J connectivity index is 0.000000810. The van der Waals surface area contributed by atoms with Gasteiger partial charge in [-0.15, -0.1) is 0 Å². The Labute approximate surface area is 74.1 Å². The number of ether oxygens (including phenoxy) is 2. The summed E-state index contributed by atoms with van der Waals surface area (Å²) in [4.78, 5) is 13.9. The van der Waals surface area contributed by atoms with E-state index in [1.807, 2.05) is 0 Å². The minimum atomic E-state index is -0.393. The molecule has 0 unspecified atom stereocenters. The van der Waals surface area contributed by atoms with E-state index in [1.165, 1.54) is 6.92 Å². The van der Waals surface area contributed by atoms with Crippen molar-refractivity contribution in [3.8, 4) is 0 Å². The first-order chi connectivity index (χ1) is 4.29. The second-order valence-electron chi connectivity index (χ2n) is 1.59. The fraction of sp³-hybridized carbons (Fsp3) is 0.600. The van der Waals surface area contributed by atoms with Crippen molar-refractivity contribution in [3.63, 3.8) is 0 Å². The maximum atomic E-state index is 10.2. The van der Waals surface area contributed by atoms with Crippen LogP contribution in [0.3, 0.4) is 0 Å². The average Bonchev–Trinajstić information content (AvgIpc) is 2.15. The zero-order chi connectivity index (χ0) is 6.69. The number of hydrogen-bond donors (Lipinski definition) is 0. The molecular formula is C5H7AgNO3. The Morgan fingerprint density at radius 1 is 1.80 bits per heavy atom. The van der Waals surface area contributed by atoms with Crippen LogP contribution in [0, 0.1) is 0 Å². The van der Waals surface area contributed by atoms with Gasteiger partial charge >= 0.3 is 12.1 Å². The van der Waals surface area contributed by atoms with Crippen LogP contribution < -0.4 is 0 Å². The topological polar surface area (TPSA) is 47.9 Å². The van der Waals surface area contributed by atoms with Gasteiger partial charge in [0.1, 0.15) is 6.61 Å². The third-order valence-electron chi connectivity index (χ3n) is 0.789. The van der Waals surface area contributed by atoms with Gasteiger partial charge in [-0.25, -0.2) is 4.99 Å². The van der Waals surface area contributed by atoms with E-state index in [2.05, 4.69) is 9.73 Å². The molecule has 0 N–H and O–H groups in total. The number of aliphatic imine (C=N–C) groups is 1. The molecule has 0 aromatic carbocycles. The molecule has 0 atom stereocenters. The Bertz CT molecular complexity index is 157. The molecule has 0 spiro atoms. The zero-order valence-corrected chi connectivity index (χ0v) is 6.87. The van der Waals surface area contributed by atoms with E-state index in [9.17, 15) is 4.79 Å². The number of hydrogen-bond acceptors (Lipinski definition) is 4. The van der Waals surface area contributed by atoms with E-state index in [0.717, 1.165) is 0 Å². The molecule has 1 radical (unpaired) electrons. The van der Waals surface area contributed by atoms with Gasteiger partial charge in [0.25, 0.3) is 0 Å². The predicted molar refractivity (Wildman–Crippen MR) is 30.0 cm³/mol. The van der Waals surface area contributed by atoms with Crippen LogP contribution in [0.4, 0.5) is 0 Å². The Kier molecular flexibility index (Phi) is 4.35. The minimum absolute atomic E-state index is 0. The first-order valence-corrected chi connectivity index (χ1v) is 2.65. The summed E-state index contributed by atoms with van der Waals surface area (Å²) < 4.78 is 9.27. The Morgan fingerprint density at radius 3 is 2.90 bits per heavy atom. The van der Waals surface area contributed by atoms with Crippen LogP contribution in [0.15, 0.2) is 4.99 Å². The molecular weight excluding hydrogens is 230 g/mol. The van der Waals surface area contributed by atoms with Gasteiger partial charge in [0.2, 0.25) is 0 Å². The van der Waals surface area contributed by atoms with Crippen LogP contribution in [0.1, 0.15) is 6.92 Å². The molecule has 1 heterocycles. The van der Waals surface area contributed by atoms with Crippen LogP contribution in [0.2, 0.25) is 0 Å². The molecule has 0 amide bonds. The van der Waals surface area contributed by atoms with E-state index < -0.39 is 5.97 Å². The zero-order valence-electron chi connectivity index (χ0n) is 5.39. The van der Waals surface area contributed by atoms with Gasteiger partial charge < -0.3 is 9.47 Å². The van der Waals surface area contributed by atoms with Crippen LogP contribution >= 0.6 is 0 Å². The number of nitrogens with zero attached hydrogens (tertiary/aromatic N) is 1. The fourth-order valence-electron chi connectivity index (χ4n) is 0.500. The maximum Gasteiger partial charge on any atom is 0.391 e. The molecule has 0 aromatic heterocycles. The Morgan fingerprint density at radius 2 is 2.50 bits per heavy atom. The SMILES string of the molecule is CC(=O)OC1=NCCO1.[Ag]. The Hall–Kier alpha value is -0.320. The van der Waals surface area contributed by atoms with Gasteiger partial charge in [0.15, 0.2) is 0 Å². The molecule has 0 aromatic rings. The minimum Gasteiger partial charge on any atom is -0.448 e. The molecule has 0 bridgehead atoms. The van der Waals surface area contributed by atoms with Gasteiger partial charge in [-0.3, -0.25) is 4.79 Å². The molecule has 0 aliphatic carbocycles. The smallest absolute Gasteiger partial charge is 0.391 e. The van der Waals surface area contributed by atoms with Crippen molar-refractivity contribution in [3.05, 3.63) is 0 Å². The second kappa shape index (κ2) is 4.49. The fourth-order valence-corrected chi connectivity index (χ4v) is 0.500. The summed E-state index contributed by atoms with van der Waals surface area (Å²) in [6.45, 7) is 2.41. The van der Waals surface area contributed by atoms with Crippen molar-refractivity contribution < 1.29 is 36.6 Å². The van der Waals surface area contributed by atoms with E-state index in [-0.39, 0.29) is 28.5 Å². The molecule has 5 heteroatoms. The van der Waals surface area contributed by atoms with Gasteiger partial charge in [-0.2, -0.15) is 0 Å². The molecule has 61 valence electrons. The van der Waals surface area contributed by atoms with E-state index >= 15 is 0 Å². The third kappa shape index (κ3) is 3.00. The van der Waals surface area contributed by atoms with E-state index in [0.29, 0.717) is 13.2 Å². The van der Waals surface area contributed by atoms with E-state index in [4.69, 9.17) is 4.74 Å². The normalized spacial score (nSPS) is 14.7. The van der Waals surface area contributed by atoms with Crippen molar-refractivity contribution >= 4 is 12.1 Å². The predicted octanol–water partition coefficient (Wildman–Crippen LogP) is -0.0668. The van der Waals surface area contributed by atoms with Gasteiger partial charge in [0.05, 0.1) is 6.54 Å². The van der Waals surface area contributed by atoms with Crippen molar-refractivity contribution in [2.24, 2.45) is 4.99 Å². The van der Waals surface area contributed by atoms with Gasteiger partial charge in [-0.1, -0.05) is 0 Å². The third-order valence-corrected chi connectivity index (χ3v) is 0.789. The average molecular weight is 237 g/mol. The van der Waals surface area contributed by atoms with Gasteiger partial charge in [0, 0.05) is 29.3 Å². The molecule has 1 aliphatic rings. The largest absolute Gasteiger partial charge is 0.448 e. The number of rotatable bonds is 0. The molecule has 0 saturated carbocycles. The summed E-state index contributed by atoms with van der Waals surface area (Å²) >= 11 is 0.